The van der Waals surface area contributed by atoms with Crippen LogP contribution < -0.4 is 14.8 Å². The minimum Gasteiger partial charge on any atom is -0.493 e. The Hall–Kier alpha value is -2.95. The molecule has 2 aromatic carbocycles. The van der Waals surface area contributed by atoms with Crippen molar-refractivity contribution in [2.24, 2.45) is 0 Å². The molecule has 0 aliphatic rings. The Bertz CT molecular complexity index is 988. The Morgan fingerprint density at radius 3 is 2.64 bits per heavy atom. The van der Waals surface area contributed by atoms with Gasteiger partial charge in [-0.25, -0.2) is 0 Å². The van der Waals surface area contributed by atoms with E-state index in [2.05, 4.69) is 11.4 Å². The van der Waals surface area contributed by atoms with Gasteiger partial charge < -0.3 is 19.2 Å². The molecule has 0 radical (unpaired) electrons. The molecule has 0 aliphatic heterocycles. The minimum atomic E-state index is -0.0517. The number of hydrogen-bond acceptors (Lipinski definition) is 4. The fraction of sp³-hybridized carbons (Fsp3) is 0.348. The van der Waals surface area contributed by atoms with Gasteiger partial charge in [0.1, 0.15) is 5.58 Å². The van der Waals surface area contributed by atoms with Crippen LogP contribution in [0.2, 0.25) is 0 Å². The van der Waals surface area contributed by atoms with E-state index in [1.54, 1.807) is 13.4 Å². The van der Waals surface area contributed by atoms with E-state index in [4.69, 9.17) is 13.9 Å². The number of aryl methyl sites for hydroxylation is 2. The standard InChI is InChI=1S/C23H27NO4/c1-14(2)28-19-7-6-17(10-20(19)26-5)12-24-22(25)11-18-13-27-21-9-15(3)8-16(4)23(18)21/h6-10,13-14H,11-12H2,1-5H3,(H,24,25). The average Bonchev–Trinajstić information content (AvgIpc) is 3.03. The van der Waals surface area contributed by atoms with Gasteiger partial charge in [-0.1, -0.05) is 12.1 Å². The minimum absolute atomic E-state index is 0.0517. The van der Waals surface area contributed by atoms with Gasteiger partial charge in [-0.2, -0.15) is 0 Å². The lowest BCUT2D eigenvalue weighted by Crippen LogP contribution is -2.24. The molecule has 0 saturated carbocycles. The Labute approximate surface area is 165 Å². The van der Waals surface area contributed by atoms with Crippen molar-refractivity contribution in [3.63, 3.8) is 0 Å². The molecular formula is C23H27NO4. The molecule has 1 heterocycles. The molecule has 0 bridgehead atoms. The summed E-state index contributed by atoms with van der Waals surface area (Å²) in [6.45, 7) is 8.43. The van der Waals surface area contributed by atoms with E-state index < -0.39 is 0 Å². The summed E-state index contributed by atoms with van der Waals surface area (Å²) < 4.78 is 16.8. The van der Waals surface area contributed by atoms with Crippen LogP contribution in [-0.2, 0) is 17.8 Å². The monoisotopic (exact) mass is 381 g/mol. The van der Waals surface area contributed by atoms with E-state index in [0.717, 1.165) is 33.2 Å². The van der Waals surface area contributed by atoms with E-state index >= 15 is 0 Å². The maximum atomic E-state index is 12.5. The number of carbonyl (C=O) groups excluding carboxylic acids is 1. The molecule has 5 nitrogen and oxygen atoms in total. The van der Waals surface area contributed by atoms with Gasteiger partial charge in [0.25, 0.3) is 0 Å². The van der Waals surface area contributed by atoms with Crippen LogP contribution in [0.5, 0.6) is 11.5 Å². The van der Waals surface area contributed by atoms with Gasteiger partial charge in [0, 0.05) is 17.5 Å². The van der Waals surface area contributed by atoms with Gasteiger partial charge >= 0.3 is 0 Å². The second-order valence-electron chi connectivity index (χ2n) is 7.32. The number of carbonyl (C=O) groups is 1. The molecule has 1 N–H and O–H groups in total. The van der Waals surface area contributed by atoms with Crippen molar-refractivity contribution in [2.75, 3.05) is 7.11 Å². The lowest BCUT2D eigenvalue weighted by molar-refractivity contribution is -0.120. The highest BCUT2D eigenvalue weighted by molar-refractivity contribution is 5.90. The third-order valence-corrected chi connectivity index (χ3v) is 4.52. The molecule has 5 heteroatoms. The van der Waals surface area contributed by atoms with Gasteiger partial charge in [-0.3, -0.25) is 4.79 Å². The van der Waals surface area contributed by atoms with Crippen molar-refractivity contribution in [1.29, 1.82) is 0 Å². The van der Waals surface area contributed by atoms with Crippen molar-refractivity contribution in [3.8, 4) is 11.5 Å². The number of fused-ring (bicyclic) bond motifs is 1. The normalized spacial score (nSPS) is 11.1. The Morgan fingerprint density at radius 1 is 1.14 bits per heavy atom. The van der Waals surface area contributed by atoms with Gasteiger partial charge in [0.2, 0.25) is 5.91 Å². The largest absolute Gasteiger partial charge is 0.493 e. The smallest absolute Gasteiger partial charge is 0.224 e. The number of hydrogen-bond donors (Lipinski definition) is 1. The van der Waals surface area contributed by atoms with E-state index in [-0.39, 0.29) is 18.4 Å². The van der Waals surface area contributed by atoms with Crippen molar-refractivity contribution >= 4 is 16.9 Å². The predicted octanol–water partition coefficient (Wildman–Crippen LogP) is 4.70. The predicted molar refractivity (Wildman–Crippen MR) is 110 cm³/mol. The first kappa shape index (κ1) is 19.8. The number of ether oxygens (including phenoxy) is 2. The fourth-order valence-corrected chi connectivity index (χ4v) is 3.37. The first-order chi connectivity index (χ1) is 13.4. The Balaban J connectivity index is 1.66. The summed E-state index contributed by atoms with van der Waals surface area (Å²) in [5.41, 5.74) is 4.95. The molecule has 0 saturated heterocycles. The molecule has 3 rings (SSSR count). The lowest BCUT2D eigenvalue weighted by Gasteiger charge is -2.14. The molecular weight excluding hydrogens is 354 g/mol. The molecule has 3 aromatic rings. The van der Waals surface area contributed by atoms with Crippen LogP contribution >= 0.6 is 0 Å². The van der Waals surface area contributed by atoms with E-state index in [9.17, 15) is 4.79 Å². The van der Waals surface area contributed by atoms with Crippen LogP contribution in [0.15, 0.2) is 41.0 Å². The van der Waals surface area contributed by atoms with E-state index in [0.29, 0.717) is 18.0 Å². The summed E-state index contributed by atoms with van der Waals surface area (Å²) in [5, 5.41) is 3.99. The van der Waals surface area contributed by atoms with Crippen LogP contribution in [0.25, 0.3) is 11.0 Å². The van der Waals surface area contributed by atoms with E-state index in [1.807, 2.05) is 52.0 Å². The molecule has 0 spiro atoms. The molecule has 148 valence electrons. The van der Waals surface area contributed by atoms with Crippen LogP contribution in [0.3, 0.4) is 0 Å². The van der Waals surface area contributed by atoms with Crippen molar-refractivity contribution in [1.82, 2.24) is 5.32 Å². The Kier molecular flexibility index (Phi) is 5.93. The van der Waals surface area contributed by atoms with Crippen molar-refractivity contribution in [3.05, 3.63) is 58.8 Å². The zero-order chi connectivity index (χ0) is 20.3. The van der Waals surface area contributed by atoms with Crippen molar-refractivity contribution in [2.45, 2.75) is 46.8 Å². The van der Waals surface area contributed by atoms with Crippen LogP contribution in [0.4, 0.5) is 0 Å². The zero-order valence-electron chi connectivity index (χ0n) is 17.1. The maximum Gasteiger partial charge on any atom is 0.224 e. The zero-order valence-corrected chi connectivity index (χ0v) is 17.1. The van der Waals surface area contributed by atoms with Gasteiger partial charge in [-0.15, -0.1) is 0 Å². The summed E-state index contributed by atoms with van der Waals surface area (Å²) in [4.78, 5) is 12.5. The highest BCUT2D eigenvalue weighted by Gasteiger charge is 2.13. The number of benzene rings is 2. The number of amides is 1. The highest BCUT2D eigenvalue weighted by atomic mass is 16.5. The van der Waals surface area contributed by atoms with Crippen LogP contribution in [0, 0.1) is 13.8 Å². The maximum absolute atomic E-state index is 12.5. The number of methoxy groups -OCH3 is 1. The summed E-state index contributed by atoms with van der Waals surface area (Å²) in [5.74, 6) is 1.31. The summed E-state index contributed by atoms with van der Waals surface area (Å²) in [7, 11) is 1.61. The first-order valence-electron chi connectivity index (χ1n) is 9.45. The number of nitrogens with one attached hydrogen (secondary N) is 1. The second kappa shape index (κ2) is 8.38. The molecule has 0 atom stereocenters. The van der Waals surface area contributed by atoms with Crippen LogP contribution in [0.1, 0.15) is 36.1 Å². The molecule has 0 fully saturated rings. The average molecular weight is 381 g/mol. The van der Waals surface area contributed by atoms with Gasteiger partial charge in [0.15, 0.2) is 11.5 Å². The molecule has 1 aromatic heterocycles. The second-order valence-corrected chi connectivity index (χ2v) is 7.32. The summed E-state index contributed by atoms with van der Waals surface area (Å²) >= 11 is 0. The summed E-state index contributed by atoms with van der Waals surface area (Å²) in [6, 6.07) is 9.79. The van der Waals surface area contributed by atoms with E-state index in [1.165, 1.54) is 0 Å². The van der Waals surface area contributed by atoms with Crippen LogP contribution in [-0.4, -0.2) is 19.1 Å². The molecule has 0 unspecified atom stereocenters. The quantitative estimate of drug-likeness (QED) is 0.644. The topological polar surface area (TPSA) is 60.7 Å². The molecule has 0 aliphatic carbocycles. The molecule has 28 heavy (non-hydrogen) atoms. The molecule has 1 amide bonds. The third kappa shape index (κ3) is 4.47. The van der Waals surface area contributed by atoms with Gasteiger partial charge in [0.05, 0.1) is 25.9 Å². The number of furan rings is 1. The first-order valence-corrected chi connectivity index (χ1v) is 9.45. The van der Waals surface area contributed by atoms with Crippen molar-refractivity contribution < 1.29 is 18.7 Å². The fourth-order valence-electron chi connectivity index (χ4n) is 3.37. The Morgan fingerprint density at radius 2 is 1.93 bits per heavy atom. The SMILES string of the molecule is COc1cc(CNC(=O)Cc2coc3cc(C)cc(C)c23)ccc1OC(C)C. The number of rotatable bonds is 7. The third-order valence-electron chi connectivity index (χ3n) is 4.52. The summed E-state index contributed by atoms with van der Waals surface area (Å²) in [6.07, 6.45) is 2.02. The highest BCUT2D eigenvalue weighted by Crippen LogP contribution is 2.29. The lowest BCUT2D eigenvalue weighted by atomic mass is 10.0. The van der Waals surface area contributed by atoms with Gasteiger partial charge in [-0.05, 0) is 62.6 Å².